The lowest BCUT2D eigenvalue weighted by Crippen LogP contribution is -2.44. The number of carbonyl (C=O) groups is 2. The van der Waals surface area contributed by atoms with E-state index in [1.807, 2.05) is 19.9 Å². The van der Waals surface area contributed by atoms with E-state index in [1.165, 1.54) is 0 Å². The number of fused-ring (bicyclic) bond motifs is 3. The van der Waals surface area contributed by atoms with Gasteiger partial charge in [0, 0.05) is 36.2 Å². The van der Waals surface area contributed by atoms with Crippen LogP contribution in [-0.4, -0.2) is 49.1 Å². The summed E-state index contributed by atoms with van der Waals surface area (Å²) in [6.07, 6.45) is 0.580. The first kappa shape index (κ1) is 21.0. The van der Waals surface area contributed by atoms with E-state index in [0.29, 0.717) is 59.7 Å². The van der Waals surface area contributed by atoms with Gasteiger partial charge < -0.3 is 14.3 Å². The molecule has 10 heteroatoms. The molecule has 1 aromatic carbocycles. The average Bonchev–Trinajstić information content (AvgIpc) is 3.33. The van der Waals surface area contributed by atoms with E-state index in [4.69, 9.17) is 27.7 Å². The van der Waals surface area contributed by atoms with E-state index in [1.54, 1.807) is 32.7 Å². The number of carbonyl (C=O) groups excluding carboxylic acids is 2. The summed E-state index contributed by atoms with van der Waals surface area (Å²) in [6.45, 7) is 5.62. The highest BCUT2D eigenvalue weighted by atomic mass is 35.5. The maximum Gasteiger partial charge on any atom is 0.272 e. The van der Waals surface area contributed by atoms with Crippen molar-refractivity contribution in [1.29, 1.82) is 0 Å². The Bertz CT molecular complexity index is 1230. The molecule has 0 unspecified atom stereocenters. The van der Waals surface area contributed by atoms with Gasteiger partial charge in [0.05, 0.1) is 41.1 Å². The molecule has 166 valence electrons. The second kappa shape index (κ2) is 7.94. The second-order valence-corrected chi connectivity index (χ2v) is 9.09. The second-order valence-electron chi connectivity index (χ2n) is 8.27. The van der Waals surface area contributed by atoms with E-state index in [0.717, 1.165) is 17.0 Å². The smallest absolute Gasteiger partial charge is 0.272 e. The van der Waals surface area contributed by atoms with Gasteiger partial charge in [0.1, 0.15) is 5.69 Å². The highest BCUT2D eigenvalue weighted by molar-refractivity contribution is 6.42. The Morgan fingerprint density at radius 2 is 2.03 bits per heavy atom. The molecular weight excluding hydrogens is 453 g/mol. The molecule has 0 fully saturated rings. The van der Waals surface area contributed by atoms with E-state index in [2.05, 4.69) is 10.3 Å². The van der Waals surface area contributed by atoms with E-state index in [9.17, 15) is 9.59 Å². The quantitative estimate of drug-likeness (QED) is 0.578. The number of aromatic nitrogens is 3. The van der Waals surface area contributed by atoms with Crippen LogP contribution in [0.4, 0.5) is 0 Å². The van der Waals surface area contributed by atoms with Gasteiger partial charge >= 0.3 is 0 Å². The Morgan fingerprint density at radius 3 is 2.75 bits per heavy atom. The van der Waals surface area contributed by atoms with Gasteiger partial charge in [-0.1, -0.05) is 28.4 Å². The Kier molecular flexibility index (Phi) is 5.22. The van der Waals surface area contributed by atoms with Crippen molar-refractivity contribution in [2.24, 2.45) is 0 Å². The van der Waals surface area contributed by atoms with Crippen molar-refractivity contribution >= 4 is 35.0 Å². The topological polar surface area (TPSA) is 84.5 Å². The van der Waals surface area contributed by atoms with Crippen LogP contribution in [0.3, 0.4) is 0 Å². The predicted octanol–water partition coefficient (Wildman–Crippen LogP) is 3.73. The monoisotopic (exact) mass is 473 g/mol. The van der Waals surface area contributed by atoms with Gasteiger partial charge in [0.2, 0.25) is 0 Å². The van der Waals surface area contributed by atoms with Crippen LogP contribution in [0.25, 0.3) is 0 Å². The van der Waals surface area contributed by atoms with Crippen LogP contribution in [0, 0.1) is 6.92 Å². The zero-order chi connectivity index (χ0) is 22.6. The molecule has 3 aromatic rings. The summed E-state index contributed by atoms with van der Waals surface area (Å²) in [6, 6.07) is 6.62. The third kappa shape index (κ3) is 3.57. The van der Waals surface area contributed by atoms with Gasteiger partial charge in [-0.15, -0.1) is 0 Å². The van der Waals surface area contributed by atoms with E-state index in [-0.39, 0.29) is 17.9 Å². The van der Waals surface area contributed by atoms with Crippen LogP contribution < -0.4 is 0 Å². The fourth-order valence-corrected chi connectivity index (χ4v) is 4.66. The van der Waals surface area contributed by atoms with Crippen molar-refractivity contribution in [1.82, 2.24) is 24.7 Å². The first-order valence-corrected chi connectivity index (χ1v) is 11.1. The van der Waals surface area contributed by atoms with Crippen molar-refractivity contribution in [3.63, 3.8) is 0 Å². The summed E-state index contributed by atoms with van der Waals surface area (Å²) in [5.74, 6) is 0.372. The summed E-state index contributed by atoms with van der Waals surface area (Å²) in [7, 11) is 0. The van der Waals surface area contributed by atoms with Crippen LogP contribution in [-0.2, 0) is 26.1 Å². The summed E-state index contributed by atoms with van der Waals surface area (Å²) in [5.41, 5.74) is 3.46. The number of hydrogen-bond acceptors (Lipinski definition) is 5. The molecule has 2 aromatic heterocycles. The number of rotatable bonds is 3. The van der Waals surface area contributed by atoms with Gasteiger partial charge in [-0.05, 0) is 32.0 Å². The molecular formula is C22H21Cl2N5O3. The molecule has 2 aliphatic heterocycles. The van der Waals surface area contributed by atoms with E-state index < -0.39 is 0 Å². The Hall–Kier alpha value is -2.84. The molecule has 2 amide bonds. The zero-order valence-corrected chi connectivity index (χ0v) is 19.2. The van der Waals surface area contributed by atoms with E-state index >= 15 is 0 Å². The molecule has 0 radical (unpaired) electrons. The molecule has 8 nitrogen and oxygen atoms in total. The largest absolute Gasteiger partial charge is 0.359 e. The third-order valence-electron chi connectivity index (χ3n) is 6.01. The van der Waals surface area contributed by atoms with Crippen molar-refractivity contribution in [3.8, 4) is 0 Å². The third-order valence-corrected chi connectivity index (χ3v) is 6.74. The Labute approximate surface area is 194 Å². The molecule has 5 rings (SSSR count). The minimum atomic E-state index is -0.154. The lowest BCUT2D eigenvalue weighted by atomic mass is 9.97. The molecule has 0 saturated heterocycles. The SMILES string of the molecule is Cc1cc(CN2CCn3nc4c(c3C2=O)CN(C(=O)c2ccc(Cl)c(Cl)c2)[C@H](C)C4)on1. The van der Waals surface area contributed by atoms with Crippen molar-refractivity contribution in [2.45, 2.75) is 45.9 Å². The Balaban J connectivity index is 1.43. The number of amides is 2. The normalized spacial score (nSPS) is 18.0. The molecule has 0 saturated carbocycles. The van der Waals surface area contributed by atoms with Crippen LogP contribution in [0.1, 0.15) is 50.5 Å². The molecule has 1 atom stereocenters. The standard InChI is InChI=1S/C22H21Cl2N5O3/c1-12-7-15(32-26-12)10-27-5-6-29-20(22(27)31)16-11-28(13(2)8-19(16)25-29)21(30)14-3-4-17(23)18(24)9-14/h3-4,7,9,13H,5-6,8,10-11H2,1-2H3/t13-/m1/s1. The van der Waals surface area contributed by atoms with Gasteiger partial charge in [0.15, 0.2) is 5.76 Å². The van der Waals surface area contributed by atoms with Gasteiger partial charge in [0.25, 0.3) is 11.8 Å². The number of hydrogen-bond donors (Lipinski definition) is 0. The Morgan fingerprint density at radius 1 is 1.22 bits per heavy atom. The highest BCUT2D eigenvalue weighted by Crippen LogP contribution is 2.31. The summed E-state index contributed by atoms with van der Waals surface area (Å²) in [4.78, 5) is 30.1. The first-order chi connectivity index (χ1) is 15.3. The van der Waals surface area contributed by atoms with Gasteiger partial charge in [-0.25, -0.2) is 0 Å². The summed E-state index contributed by atoms with van der Waals surface area (Å²) in [5, 5.41) is 9.32. The zero-order valence-electron chi connectivity index (χ0n) is 17.6. The van der Waals surface area contributed by atoms with Crippen LogP contribution in [0.15, 0.2) is 28.8 Å². The number of benzene rings is 1. The lowest BCUT2D eigenvalue weighted by molar-refractivity contribution is 0.0631. The number of halogens is 2. The number of aryl methyl sites for hydroxylation is 1. The average molecular weight is 474 g/mol. The molecule has 0 spiro atoms. The van der Waals surface area contributed by atoms with Gasteiger partial charge in [-0.2, -0.15) is 5.10 Å². The van der Waals surface area contributed by atoms with Crippen LogP contribution in [0.5, 0.6) is 0 Å². The molecule has 2 aliphatic rings. The van der Waals surface area contributed by atoms with Crippen LogP contribution >= 0.6 is 23.2 Å². The lowest BCUT2D eigenvalue weighted by Gasteiger charge is -2.34. The fourth-order valence-electron chi connectivity index (χ4n) is 4.36. The summed E-state index contributed by atoms with van der Waals surface area (Å²) < 4.78 is 7.06. The molecule has 0 bridgehead atoms. The molecule has 0 aliphatic carbocycles. The van der Waals surface area contributed by atoms with Crippen molar-refractivity contribution in [2.75, 3.05) is 6.54 Å². The summed E-state index contributed by atoms with van der Waals surface area (Å²) >= 11 is 12.1. The van der Waals surface area contributed by atoms with Gasteiger partial charge in [-0.3, -0.25) is 14.3 Å². The maximum atomic E-state index is 13.3. The van der Waals surface area contributed by atoms with Crippen molar-refractivity contribution in [3.05, 3.63) is 68.3 Å². The molecule has 32 heavy (non-hydrogen) atoms. The minimum Gasteiger partial charge on any atom is -0.359 e. The van der Waals surface area contributed by atoms with Crippen molar-refractivity contribution < 1.29 is 14.1 Å². The molecule has 0 N–H and O–H groups in total. The number of nitrogens with zero attached hydrogens (tertiary/aromatic N) is 5. The minimum absolute atomic E-state index is 0.0650. The maximum absolute atomic E-state index is 13.3. The highest BCUT2D eigenvalue weighted by Gasteiger charge is 2.37. The van der Waals surface area contributed by atoms with Crippen LogP contribution in [0.2, 0.25) is 10.0 Å². The predicted molar refractivity (Wildman–Crippen MR) is 118 cm³/mol. The fraction of sp³-hybridized carbons (Fsp3) is 0.364. The first-order valence-electron chi connectivity index (χ1n) is 10.4. The molecule has 4 heterocycles.